The van der Waals surface area contributed by atoms with Crippen LogP contribution < -0.4 is 19.5 Å². The van der Waals surface area contributed by atoms with Crippen molar-refractivity contribution in [3.05, 3.63) is 77.3 Å². The fraction of sp³-hybridized carbons (Fsp3) is 0.200. The maximum absolute atomic E-state index is 13.5. The summed E-state index contributed by atoms with van der Waals surface area (Å²) in [5.74, 6) is 1.23. The van der Waals surface area contributed by atoms with E-state index in [0.29, 0.717) is 29.4 Å². The zero-order valence-corrected chi connectivity index (χ0v) is 18.9. The highest BCUT2D eigenvalue weighted by molar-refractivity contribution is 7.18. The number of amides is 1. The first-order valence-corrected chi connectivity index (χ1v) is 10.9. The molecule has 1 heterocycles. The lowest BCUT2D eigenvalue weighted by Crippen LogP contribution is -2.23. The number of hydrogen-bond acceptors (Lipinski definition) is 6. The molecule has 0 saturated heterocycles. The van der Waals surface area contributed by atoms with Crippen LogP contribution in [0.1, 0.15) is 16.5 Å². The summed E-state index contributed by atoms with van der Waals surface area (Å²) in [5.41, 5.74) is 2.45. The average Bonchev–Trinajstić information content (AvgIpc) is 3.26. The van der Waals surface area contributed by atoms with E-state index in [1.807, 2.05) is 66.7 Å². The number of fused-ring (bicyclic) bond motifs is 1. The van der Waals surface area contributed by atoms with Gasteiger partial charge in [0.05, 0.1) is 43.2 Å². The van der Waals surface area contributed by atoms with Crippen molar-refractivity contribution < 1.29 is 19.0 Å². The van der Waals surface area contributed by atoms with Crippen molar-refractivity contribution in [1.29, 1.82) is 0 Å². The predicted molar refractivity (Wildman–Crippen MR) is 127 cm³/mol. The molecule has 4 aromatic rings. The van der Waals surface area contributed by atoms with Crippen LogP contribution in [0.3, 0.4) is 0 Å². The molecule has 0 fully saturated rings. The molecule has 0 radical (unpaired) electrons. The number of carbonyl (C=O) groups is 1. The van der Waals surface area contributed by atoms with Crippen LogP contribution in [0.5, 0.6) is 17.2 Å². The number of para-hydroxylation sites is 3. The smallest absolute Gasteiger partial charge is 0.234 e. The number of ether oxygens (including phenoxy) is 3. The number of aromatic nitrogens is 1. The molecule has 4 rings (SSSR count). The molecule has 7 heteroatoms. The van der Waals surface area contributed by atoms with Crippen LogP contribution in [-0.2, 0) is 11.2 Å². The van der Waals surface area contributed by atoms with Gasteiger partial charge in [0.15, 0.2) is 11.5 Å². The number of methoxy groups -OCH3 is 3. The Kier molecular flexibility index (Phi) is 6.56. The molecule has 0 bridgehead atoms. The Hall–Kier alpha value is -3.58. The molecule has 1 unspecified atom stereocenters. The van der Waals surface area contributed by atoms with Gasteiger partial charge in [-0.3, -0.25) is 4.79 Å². The van der Waals surface area contributed by atoms with Gasteiger partial charge < -0.3 is 19.5 Å². The summed E-state index contributed by atoms with van der Waals surface area (Å²) >= 11 is 1.53. The lowest BCUT2D eigenvalue weighted by Gasteiger charge is -2.17. The highest BCUT2D eigenvalue weighted by atomic mass is 32.1. The van der Waals surface area contributed by atoms with Crippen LogP contribution in [0, 0.1) is 0 Å². The summed E-state index contributed by atoms with van der Waals surface area (Å²) in [6.07, 6.45) is 0.459. The van der Waals surface area contributed by atoms with Gasteiger partial charge in [0, 0.05) is 0 Å². The quantitative estimate of drug-likeness (QED) is 0.397. The lowest BCUT2D eigenvalue weighted by molar-refractivity contribution is -0.117. The van der Waals surface area contributed by atoms with E-state index in [9.17, 15) is 4.79 Å². The summed E-state index contributed by atoms with van der Waals surface area (Å²) in [7, 11) is 4.78. The molecule has 32 heavy (non-hydrogen) atoms. The van der Waals surface area contributed by atoms with E-state index in [1.165, 1.54) is 11.3 Å². The van der Waals surface area contributed by atoms with Gasteiger partial charge in [-0.1, -0.05) is 30.3 Å². The SMILES string of the molecule is COc1ccccc1NC(=O)C(Cc1ccc(OC)c(OC)c1)c1nc2ccccc2s1. The Morgan fingerprint density at radius 3 is 2.38 bits per heavy atom. The molecule has 1 atom stereocenters. The largest absolute Gasteiger partial charge is 0.495 e. The van der Waals surface area contributed by atoms with Gasteiger partial charge in [-0.05, 0) is 48.4 Å². The summed E-state index contributed by atoms with van der Waals surface area (Å²) in [6.45, 7) is 0. The maximum Gasteiger partial charge on any atom is 0.234 e. The number of carbonyl (C=O) groups excluding carboxylic acids is 1. The minimum absolute atomic E-state index is 0.150. The van der Waals surface area contributed by atoms with E-state index >= 15 is 0 Å². The van der Waals surface area contributed by atoms with Crippen LogP contribution in [-0.4, -0.2) is 32.2 Å². The normalized spacial score (nSPS) is 11.7. The average molecular weight is 449 g/mol. The number of nitrogens with zero attached hydrogens (tertiary/aromatic N) is 1. The highest BCUT2D eigenvalue weighted by Crippen LogP contribution is 2.34. The van der Waals surface area contributed by atoms with E-state index in [1.54, 1.807) is 21.3 Å². The third-order valence-corrected chi connectivity index (χ3v) is 6.33. The molecule has 164 valence electrons. The van der Waals surface area contributed by atoms with Crippen molar-refractivity contribution in [2.24, 2.45) is 0 Å². The third-order valence-electron chi connectivity index (χ3n) is 5.18. The summed E-state index contributed by atoms with van der Waals surface area (Å²) in [4.78, 5) is 18.2. The lowest BCUT2D eigenvalue weighted by atomic mass is 9.98. The van der Waals surface area contributed by atoms with E-state index < -0.39 is 5.92 Å². The number of anilines is 1. The molecule has 1 N–H and O–H groups in total. The van der Waals surface area contributed by atoms with Gasteiger partial charge in [0.2, 0.25) is 5.91 Å². The fourth-order valence-corrected chi connectivity index (χ4v) is 4.61. The topological polar surface area (TPSA) is 69.7 Å². The highest BCUT2D eigenvalue weighted by Gasteiger charge is 2.26. The second-order valence-corrected chi connectivity index (χ2v) is 8.22. The summed E-state index contributed by atoms with van der Waals surface area (Å²) < 4.78 is 17.2. The monoisotopic (exact) mass is 448 g/mol. The van der Waals surface area contributed by atoms with Gasteiger partial charge in [0.25, 0.3) is 0 Å². The van der Waals surface area contributed by atoms with Crippen LogP contribution in [0.2, 0.25) is 0 Å². The van der Waals surface area contributed by atoms with Gasteiger partial charge in [0.1, 0.15) is 10.8 Å². The van der Waals surface area contributed by atoms with Crippen LogP contribution in [0.4, 0.5) is 5.69 Å². The van der Waals surface area contributed by atoms with Gasteiger partial charge in [-0.2, -0.15) is 0 Å². The third kappa shape index (κ3) is 4.53. The molecule has 0 aliphatic heterocycles. The Balaban J connectivity index is 1.70. The van der Waals surface area contributed by atoms with E-state index in [-0.39, 0.29) is 5.91 Å². The van der Waals surface area contributed by atoms with Crippen molar-refractivity contribution in [3.8, 4) is 17.2 Å². The minimum atomic E-state index is -0.490. The van der Waals surface area contributed by atoms with Crippen molar-refractivity contribution in [1.82, 2.24) is 4.98 Å². The zero-order valence-electron chi connectivity index (χ0n) is 18.1. The first-order valence-electron chi connectivity index (χ1n) is 10.1. The maximum atomic E-state index is 13.5. The Morgan fingerprint density at radius 2 is 1.62 bits per heavy atom. The number of nitrogens with one attached hydrogen (secondary N) is 1. The van der Waals surface area contributed by atoms with Crippen LogP contribution in [0.15, 0.2) is 66.7 Å². The standard InChI is InChI=1S/C25H24N2O4S/c1-29-20-10-6-4-8-18(20)26-24(28)17(25-27-19-9-5-7-11-23(19)32-25)14-16-12-13-21(30-2)22(15-16)31-3/h4-13,15,17H,14H2,1-3H3,(H,26,28). The molecular weight excluding hydrogens is 424 g/mol. The first-order chi connectivity index (χ1) is 15.6. The molecule has 6 nitrogen and oxygen atoms in total. The molecule has 3 aromatic carbocycles. The molecule has 1 amide bonds. The van der Waals surface area contributed by atoms with Crippen molar-refractivity contribution in [2.45, 2.75) is 12.3 Å². The molecular formula is C25H24N2O4S. The van der Waals surface area contributed by atoms with Crippen molar-refractivity contribution in [3.63, 3.8) is 0 Å². The Bertz CT molecular complexity index is 1200. The molecule has 0 aliphatic carbocycles. The number of benzene rings is 3. The zero-order chi connectivity index (χ0) is 22.5. The van der Waals surface area contributed by atoms with Crippen molar-refractivity contribution in [2.75, 3.05) is 26.6 Å². The molecule has 0 spiro atoms. The Labute approximate surface area is 190 Å². The second kappa shape index (κ2) is 9.70. The molecule has 0 saturated carbocycles. The second-order valence-electron chi connectivity index (χ2n) is 7.16. The fourth-order valence-electron chi connectivity index (χ4n) is 3.54. The van der Waals surface area contributed by atoms with E-state index in [4.69, 9.17) is 19.2 Å². The first kappa shape index (κ1) is 21.6. The van der Waals surface area contributed by atoms with Gasteiger partial charge in [-0.15, -0.1) is 11.3 Å². The Morgan fingerprint density at radius 1 is 0.906 bits per heavy atom. The van der Waals surface area contributed by atoms with Gasteiger partial charge in [-0.25, -0.2) is 4.98 Å². The van der Waals surface area contributed by atoms with Gasteiger partial charge >= 0.3 is 0 Å². The van der Waals surface area contributed by atoms with E-state index in [0.717, 1.165) is 20.8 Å². The number of rotatable bonds is 8. The van der Waals surface area contributed by atoms with Crippen molar-refractivity contribution >= 4 is 33.1 Å². The number of hydrogen-bond donors (Lipinski definition) is 1. The number of thiazole rings is 1. The summed E-state index contributed by atoms with van der Waals surface area (Å²) in [6, 6.07) is 21.0. The predicted octanol–water partition coefficient (Wildman–Crippen LogP) is 5.29. The summed E-state index contributed by atoms with van der Waals surface area (Å²) in [5, 5.41) is 3.78. The van der Waals surface area contributed by atoms with Crippen LogP contribution >= 0.6 is 11.3 Å². The molecule has 0 aliphatic rings. The van der Waals surface area contributed by atoms with Crippen LogP contribution in [0.25, 0.3) is 10.2 Å². The molecule has 1 aromatic heterocycles. The minimum Gasteiger partial charge on any atom is -0.495 e. The van der Waals surface area contributed by atoms with E-state index in [2.05, 4.69) is 5.32 Å².